The molecular weight excluding hydrogens is 310 g/mol. The van der Waals surface area contributed by atoms with Gasteiger partial charge in [0, 0.05) is 13.2 Å². The van der Waals surface area contributed by atoms with E-state index in [9.17, 15) is 0 Å². The first kappa shape index (κ1) is 19.6. The lowest BCUT2D eigenvalue weighted by atomic mass is 9.82. The Morgan fingerprint density at radius 1 is 0.600 bits per heavy atom. The van der Waals surface area contributed by atoms with Crippen molar-refractivity contribution in [1.82, 2.24) is 0 Å². The molecule has 3 rings (SSSR count). The zero-order valence-electron chi connectivity index (χ0n) is 16.3. The number of hydrogen-bond acceptors (Lipinski definition) is 3. The summed E-state index contributed by atoms with van der Waals surface area (Å²) in [6.07, 6.45) is 19.3. The van der Waals surface area contributed by atoms with Crippen molar-refractivity contribution in [3.63, 3.8) is 0 Å². The molecule has 3 aliphatic rings. The van der Waals surface area contributed by atoms with Gasteiger partial charge in [-0.2, -0.15) is 0 Å². The van der Waals surface area contributed by atoms with Gasteiger partial charge in [-0.05, 0) is 75.7 Å². The highest BCUT2D eigenvalue weighted by Gasteiger charge is 2.33. The van der Waals surface area contributed by atoms with Gasteiger partial charge in [0.15, 0.2) is 0 Å². The fourth-order valence-electron chi connectivity index (χ4n) is 5.27. The average molecular weight is 352 g/mol. The van der Waals surface area contributed by atoms with E-state index >= 15 is 0 Å². The predicted molar refractivity (Wildman–Crippen MR) is 104 cm³/mol. The van der Waals surface area contributed by atoms with E-state index in [1.165, 1.54) is 83.5 Å². The highest BCUT2D eigenvalue weighted by molar-refractivity contribution is 4.83. The van der Waals surface area contributed by atoms with Gasteiger partial charge in [0.25, 0.3) is 0 Å². The largest absolute Gasteiger partial charge is 0.375 e. The van der Waals surface area contributed by atoms with E-state index in [0.717, 1.165) is 43.9 Å². The van der Waals surface area contributed by atoms with Crippen LogP contribution < -0.4 is 5.73 Å². The summed E-state index contributed by atoms with van der Waals surface area (Å²) in [6, 6.07) is 0. The first-order valence-electron chi connectivity index (χ1n) is 11.3. The lowest BCUT2D eigenvalue weighted by Gasteiger charge is -2.38. The van der Waals surface area contributed by atoms with Gasteiger partial charge in [-0.25, -0.2) is 0 Å². The fraction of sp³-hybridized carbons (Fsp3) is 1.00. The highest BCUT2D eigenvalue weighted by Crippen LogP contribution is 2.33. The van der Waals surface area contributed by atoms with E-state index in [-0.39, 0.29) is 0 Å². The van der Waals surface area contributed by atoms with Gasteiger partial charge in [0.2, 0.25) is 0 Å². The molecular formula is C22H41NO2. The Kier molecular flexibility index (Phi) is 8.55. The Morgan fingerprint density at radius 2 is 1.16 bits per heavy atom. The molecule has 146 valence electrons. The summed E-state index contributed by atoms with van der Waals surface area (Å²) in [5.41, 5.74) is 5.81. The number of hydrogen-bond donors (Lipinski definition) is 1. The topological polar surface area (TPSA) is 44.5 Å². The molecule has 0 aromatic heterocycles. The van der Waals surface area contributed by atoms with Crippen molar-refractivity contribution < 1.29 is 9.47 Å². The molecule has 25 heavy (non-hydrogen) atoms. The second-order valence-electron chi connectivity index (χ2n) is 9.01. The van der Waals surface area contributed by atoms with Crippen molar-refractivity contribution in [3.8, 4) is 0 Å². The molecule has 0 aliphatic heterocycles. The molecule has 0 aromatic carbocycles. The van der Waals surface area contributed by atoms with Crippen LogP contribution in [-0.4, -0.2) is 32.0 Å². The maximum absolute atomic E-state index is 6.49. The average Bonchev–Trinajstić information content (AvgIpc) is 2.67. The number of rotatable bonds is 8. The van der Waals surface area contributed by atoms with Gasteiger partial charge < -0.3 is 15.2 Å². The standard InChI is InChI=1S/C22H41NO2/c23-14-13-18-11-12-21(24-16-19-7-3-1-4-8-19)22(15-18)25-17-20-9-5-2-6-10-20/h18-22H,1-17,23H2. The van der Waals surface area contributed by atoms with Crippen molar-refractivity contribution in [3.05, 3.63) is 0 Å². The first-order valence-corrected chi connectivity index (χ1v) is 11.3. The van der Waals surface area contributed by atoms with Crippen LogP contribution in [0.5, 0.6) is 0 Å². The first-order chi connectivity index (χ1) is 12.3. The molecule has 3 saturated carbocycles. The fourth-order valence-corrected chi connectivity index (χ4v) is 5.27. The Labute approximate surface area is 155 Å². The molecule has 0 aromatic rings. The van der Waals surface area contributed by atoms with E-state index in [2.05, 4.69) is 0 Å². The van der Waals surface area contributed by atoms with Crippen LogP contribution in [0.1, 0.15) is 89.9 Å². The van der Waals surface area contributed by atoms with Crippen molar-refractivity contribution in [2.24, 2.45) is 23.5 Å². The molecule has 0 amide bonds. The van der Waals surface area contributed by atoms with E-state index in [0.29, 0.717) is 12.2 Å². The maximum atomic E-state index is 6.49. The Morgan fingerprint density at radius 3 is 1.72 bits per heavy atom. The summed E-state index contributed by atoms with van der Waals surface area (Å²) in [6.45, 7) is 2.74. The quantitative estimate of drug-likeness (QED) is 0.664. The summed E-state index contributed by atoms with van der Waals surface area (Å²) in [4.78, 5) is 0. The van der Waals surface area contributed by atoms with Crippen LogP contribution in [0.15, 0.2) is 0 Å². The molecule has 0 spiro atoms. The zero-order chi connectivity index (χ0) is 17.3. The summed E-state index contributed by atoms with van der Waals surface area (Å²) in [5, 5.41) is 0. The summed E-state index contributed by atoms with van der Waals surface area (Å²) < 4.78 is 12.9. The maximum Gasteiger partial charge on any atom is 0.0839 e. The lowest BCUT2D eigenvalue weighted by Crippen LogP contribution is -2.40. The van der Waals surface area contributed by atoms with Crippen LogP contribution in [0.25, 0.3) is 0 Å². The normalized spacial score (nSPS) is 32.8. The molecule has 3 aliphatic carbocycles. The van der Waals surface area contributed by atoms with Crippen LogP contribution in [-0.2, 0) is 9.47 Å². The molecule has 3 nitrogen and oxygen atoms in total. The van der Waals surface area contributed by atoms with E-state index in [1.54, 1.807) is 0 Å². The van der Waals surface area contributed by atoms with Crippen LogP contribution in [0.2, 0.25) is 0 Å². The molecule has 0 radical (unpaired) electrons. The van der Waals surface area contributed by atoms with Gasteiger partial charge in [-0.3, -0.25) is 0 Å². The van der Waals surface area contributed by atoms with Gasteiger partial charge in [0.1, 0.15) is 0 Å². The summed E-state index contributed by atoms with van der Waals surface area (Å²) in [7, 11) is 0. The van der Waals surface area contributed by atoms with E-state index in [1.807, 2.05) is 0 Å². The third-order valence-corrected chi connectivity index (χ3v) is 6.96. The van der Waals surface area contributed by atoms with Crippen molar-refractivity contribution >= 4 is 0 Å². The third kappa shape index (κ3) is 6.52. The molecule has 3 fully saturated rings. The van der Waals surface area contributed by atoms with E-state index < -0.39 is 0 Å². The van der Waals surface area contributed by atoms with Gasteiger partial charge in [0.05, 0.1) is 12.2 Å². The number of nitrogens with two attached hydrogens (primary N) is 1. The van der Waals surface area contributed by atoms with E-state index in [4.69, 9.17) is 15.2 Å². The monoisotopic (exact) mass is 351 g/mol. The van der Waals surface area contributed by atoms with Crippen LogP contribution >= 0.6 is 0 Å². The molecule has 3 unspecified atom stereocenters. The second-order valence-corrected chi connectivity index (χ2v) is 9.01. The summed E-state index contributed by atoms with van der Waals surface area (Å²) >= 11 is 0. The van der Waals surface area contributed by atoms with Gasteiger partial charge in [-0.15, -0.1) is 0 Å². The summed E-state index contributed by atoms with van der Waals surface area (Å²) in [5.74, 6) is 2.34. The highest BCUT2D eigenvalue weighted by atomic mass is 16.5. The second kappa shape index (κ2) is 10.9. The number of ether oxygens (including phenoxy) is 2. The van der Waals surface area contributed by atoms with Crippen molar-refractivity contribution in [2.45, 2.75) is 102 Å². The molecule has 0 bridgehead atoms. The zero-order valence-corrected chi connectivity index (χ0v) is 16.3. The minimum Gasteiger partial charge on any atom is -0.375 e. The SMILES string of the molecule is NCCC1CCC(OCC2CCCCC2)C(OCC2CCCCC2)C1. The van der Waals surface area contributed by atoms with Gasteiger partial charge in [-0.1, -0.05) is 38.5 Å². The van der Waals surface area contributed by atoms with Crippen LogP contribution in [0.3, 0.4) is 0 Å². The van der Waals surface area contributed by atoms with Crippen LogP contribution in [0.4, 0.5) is 0 Å². The third-order valence-electron chi connectivity index (χ3n) is 6.96. The Hall–Kier alpha value is -0.120. The minimum absolute atomic E-state index is 0.316. The van der Waals surface area contributed by atoms with Crippen LogP contribution in [0, 0.1) is 17.8 Å². The molecule has 3 heteroatoms. The molecule has 2 N–H and O–H groups in total. The lowest BCUT2D eigenvalue weighted by molar-refractivity contribution is -0.119. The molecule has 0 heterocycles. The Balaban J connectivity index is 1.46. The predicted octanol–water partition coefficient (Wildman–Crippen LogP) is 5.07. The van der Waals surface area contributed by atoms with Gasteiger partial charge >= 0.3 is 0 Å². The molecule has 3 atom stereocenters. The van der Waals surface area contributed by atoms with Crippen molar-refractivity contribution in [1.29, 1.82) is 0 Å². The smallest absolute Gasteiger partial charge is 0.0839 e. The minimum atomic E-state index is 0.316. The van der Waals surface area contributed by atoms with Crippen molar-refractivity contribution in [2.75, 3.05) is 19.8 Å². The molecule has 0 saturated heterocycles. The Bertz CT molecular complexity index is 350.